The number of methoxy groups -OCH3 is 1. The fraction of sp³-hybridized carbons (Fsp3) is 0.321. The van der Waals surface area contributed by atoms with Crippen LogP contribution in [0, 0.1) is 20.8 Å². The van der Waals surface area contributed by atoms with Crippen molar-refractivity contribution in [3.05, 3.63) is 85.9 Å². The van der Waals surface area contributed by atoms with E-state index in [1.54, 1.807) is 23.9 Å². The molecule has 0 aliphatic carbocycles. The molecule has 0 radical (unpaired) electrons. The van der Waals surface area contributed by atoms with E-state index in [-0.39, 0.29) is 17.6 Å². The van der Waals surface area contributed by atoms with Crippen LogP contribution in [0.25, 0.3) is 17.1 Å². The van der Waals surface area contributed by atoms with Gasteiger partial charge in [0, 0.05) is 35.6 Å². The predicted molar refractivity (Wildman–Crippen MR) is 147 cm³/mol. The third kappa shape index (κ3) is 5.56. The molecular weight excluding hydrogens is 534 g/mol. The lowest BCUT2D eigenvalue weighted by molar-refractivity contribution is 0.295. The van der Waals surface area contributed by atoms with Crippen LogP contribution in [0.1, 0.15) is 49.1 Å². The summed E-state index contributed by atoms with van der Waals surface area (Å²) in [4.78, 5) is 31.8. The van der Waals surface area contributed by atoms with E-state index >= 15 is 0 Å². The quantitative estimate of drug-likeness (QED) is 0.299. The van der Waals surface area contributed by atoms with Gasteiger partial charge in [-0.1, -0.05) is 26.8 Å². The molecule has 0 unspecified atom stereocenters. The van der Waals surface area contributed by atoms with Crippen molar-refractivity contribution in [3.8, 4) is 28.7 Å². The number of hydrogen-bond donors (Lipinski definition) is 0. The highest BCUT2D eigenvalue weighted by Crippen LogP contribution is 2.29. The van der Waals surface area contributed by atoms with Crippen LogP contribution in [0.3, 0.4) is 0 Å². The first-order valence-electron chi connectivity index (χ1n) is 11.9. The van der Waals surface area contributed by atoms with Gasteiger partial charge >= 0.3 is 0 Å². The Morgan fingerprint density at radius 3 is 2.43 bits per heavy atom. The normalized spacial score (nSPS) is 11.5. The summed E-state index contributed by atoms with van der Waals surface area (Å²) in [5.74, 6) is 1.68. The Balaban J connectivity index is 1.73. The summed E-state index contributed by atoms with van der Waals surface area (Å²) in [6.45, 7) is 12.2. The van der Waals surface area contributed by atoms with Crippen LogP contribution in [-0.2, 0) is 12.0 Å². The average Bonchev–Trinajstić information content (AvgIpc) is 2.86. The maximum Gasteiger partial charge on any atom is 0.273 e. The summed E-state index contributed by atoms with van der Waals surface area (Å²) >= 11 is 3.46. The fourth-order valence-electron chi connectivity index (χ4n) is 3.84. The van der Waals surface area contributed by atoms with Crippen molar-refractivity contribution in [2.75, 3.05) is 7.11 Å². The standard InChI is InChI=1S/C28H30BrN5O3/c1-16-13-30-20(25-17(2)14-31-27(33-25)28(4,5)6)12-21(16)34-18(3)11-22(24(29)26(34)35)37-15-19-9-8-10-23(32-19)36-7/h8-14H,15H2,1-7H3. The highest BCUT2D eigenvalue weighted by molar-refractivity contribution is 9.10. The van der Waals surface area contributed by atoms with E-state index in [0.717, 1.165) is 34.0 Å². The molecule has 4 aromatic heterocycles. The largest absolute Gasteiger partial charge is 0.486 e. The molecule has 8 nitrogen and oxygen atoms in total. The second kappa shape index (κ2) is 10.4. The van der Waals surface area contributed by atoms with E-state index in [2.05, 4.69) is 51.7 Å². The fourth-order valence-corrected chi connectivity index (χ4v) is 4.24. The van der Waals surface area contributed by atoms with Crippen LogP contribution >= 0.6 is 15.9 Å². The first kappa shape index (κ1) is 26.5. The zero-order valence-electron chi connectivity index (χ0n) is 22.1. The highest BCUT2D eigenvalue weighted by atomic mass is 79.9. The van der Waals surface area contributed by atoms with Gasteiger partial charge in [-0.3, -0.25) is 14.3 Å². The number of pyridine rings is 3. The number of aromatic nitrogens is 5. The van der Waals surface area contributed by atoms with Gasteiger partial charge in [0.1, 0.15) is 22.7 Å². The number of aryl methyl sites for hydroxylation is 3. The topological polar surface area (TPSA) is 92.0 Å². The van der Waals surface area contributed by atoms with Gasteiger partial charge in [-0.25, -0.2) is 15.0 Å². The van der Waals surface area contributed by atoms with Gasteiger partial charge in [0.05, 0.1) is 29.9 Å². The number of nitrogens with zero attached hydrogens (tertiary/aromatic N) is 5. The minimum absolute atomic E-state index is 0.195. The van der Waals surface area contributed by atoms with E-state index in [0.29, 0.717) is 27.5 Å². The van der Waals surface area contributed by atoms with Crippen LogP contribution in [0.4, 0.5) is 0 Å². The Hall–Kier alpha value is -3.59. The summed E-state index contributed by atoms with van der Waals surface area (Å²) in [7, 11) is 1.56. The van der Waals surface area contributed by atoms with Gasteiger partial charge in [-0.15, -0.1) is 0 Å². The van der Waals surface area contributed by atoms with Gasteiger partial charge in [0.2, 0.25) is 5.88 Å². The maximum absolute atomic E-state index is 13.5. The van der Waals surface area contributed by atoms with Crippen molar-refractivity contribution < 1.29 is 9.47 Å². The lowest BCUT2D eigenvalue weighted by Crippen LogP contribution is -2.23. The Morgan fingerprint density at radius 2 is 1.73 bits per heavy atom. The van der Waals surface area contributed by atoms with E-state index in [4.69, 9.17) is 14.5 Å². The molecular formula is C28H30BrN5O3. The Labute approximate surface area is 224 Å². The lowest BCUT2D eigenvalue weighted by Gasteiger charge is -2.19. The Kier molecular flexibility index (Phi) is 7.45. The number of rotatable bonds is 6. The summed E-state index contributed by atoms with van der Waals surface area (Å²) in [5, 5.41) is 0. The average molecular weight is 564 g/mol. The smallest absolute Gasteiger partial charge is 0.273 e. The van der Waals surface area contributed by atoms with Crippen LogP contribution < -0.4 is 15.0 Å². The van der Waals surface area contributed by atoms with E-state index in [1.165, 1.54) is 0 Å². The molecule has 0 bridgehead atoms. The molecule has 0 saturated heterocycles. The molecule has 4 rings (SSSR count). The van der Waals surface area contributed by atoms with Crippen molar-refractivity contribution in [1.82, 2.24) is 24.5 Å². The van der Waals surface area contributed by atoms with Crippen LogP contribution in [0.2, 0.25) is 0 Å². The third-order valence-corrected chi connectivity index (χ3v) is 6.60. The maximum atomic E-state index is 13.5. The summed E-state index contributed by atoms with van der Waals surface area (Å²) in [6.07, 6.45) is 3.59. The SMILES string of the molecule is COc1cccc(COc2cc(C)n(-c3cc(-c4nc(C(C)(C)C)ncc4C)ncc3C)c(=O)c2Br)n1. The van der Waals surface area contributed by atoms with Crippen LogP contribution in [-0.4, -0.2) is 31.6 Å². The zero-order valence-corrected chi connectivity index (χ0v) is 23.7. The Morgan fingerprint density at radius 1 is 1.00 bits per heavy atom. The molecule has 192 valence electrons. The first-order valence-corrected chi connectivity index (χ1v) is 12.6. The molecule has 4 aromatic rings. The molecule has 0 amide bonds. The van der Waals surface area contributed by atoms with Crippen molar-refractivity contribution in [3.63, 3.8) is 0 Å². The van der Waals surface area contributed by atoms with Gasteiger partial charge in [-0.2, -0.15) is 0 Å². The Bertz CT molecular complexity index is 1530. The number of ether oxygens (including phenoxy) is 2. The molecule has 0 aromatic carbocycles. The molecule has 0 aliphatic heterocycles. The predicted octanol–water partition coefficient (Wildman–Crippen LogP) is 5.66. The van der Waals surface area contributed by atoms with Crippen molar-refractivity contribution in [2.24, 2.45) is 0 Å². The lowest BCUT2D eigenvalue weighted by atomic mass is 9.95. The molecule has 0 fully saturated rings. The van der Waals surface area contributed by atoms with Crippen LogP contribution in [0.15, 0.2) is 52.0 Å². The monoisotopic (exact) mass is 563 g/mol. The van der Waals surface area contributed by atoms with Gasteiger partial charge < -0.3 is 9.47 Å². The molecule has 0 spiro atoms. The molecule has 0 N–H and O–H groups in total. The number of hydrogen-bond acceptors (Lipinski definition) is 7. The van der Waals surface area contributed by atoms with Crippen molar-refractivity contribution in [2.45, 2.75) is 53.6 Å². The van der Waals surface area contributed by atoms with E-state index in [9.17, 15) is 4.79 Å². The zero-order chi connectivity index (χ0) is 26.9. The molecule has 9 heteroatoms. The number of halogens is 1. The highest BCUT2D eigenvalue weighted by Gasteiger charge is 2.21. The molecule has 0 atom stereocenters. The van der Waals surface area contributed by atoms with E-state index < -0.39 is 0 Å². The van der Waals surface area contributed by atoms with Crippen LogP contribution in [0.5, 0.6) is 11.6 Å². The van der Waals surface area contributed by atoms with Crippen molar-refractivity contribution in [1.29, 1.82) is 0 Å². The minimum atomic E-state index is -0.233. The molecule has 4 heterocycles. The molecule has 0 aliphatic rings. The third-order valence-electron chi connectivity index (χ3n) is 5.87. The van der Waals surface area contributed by atoms with Gasteiger partial charge in [-0.05, 0) is 60.0 Å². The van der Waals surface area contributed by atoms with E-state index in [1.807, 2.05) is 51.2 Å². The first-order chi connectivity index (χ1) is 17.5. The second-order valence-electron chi connectivity index (χ2n) is 9.90. The molecule has 37 heavy (non-hydrogen) atoms. The van der Waals surface area contributed by atoms with Crippen molar-refractivity contribution >= 4 is 15.9 Å². The minimum Gasteiger partial charge on any atom is -0.486 e. The summed E-state index contributed by atoms with van der Waals surface area (Å²) < 4.78 is 13.1. The van der Waals surface area contributed by atoms with Gasteiger partial charge in [0.25, 0.3) is 5.56 Å². The molecule has 0 saturated carbocycles. The van der Waals surface area contributed by atoms with Gasteiger partial charge in [0.15, 0.2) is 0 Å². The summed E-state index contributed by atoms with van der Waals surface area (Å²) in [5.41, 5.74) is 4.90. The second-order valence-corrected chi connectivity index (χ2v) is 10.7. The summed E-state index contributed by atoms with van der Waals surface area (Å²) in [6, 6.07) is 9.18.